The van der Waals surface area contributed by atoms with E-state index in [0.29, 0.717) is 6.04 Å². The standard InChI is InChI=1S/C22H23N5/c1-17-22(20-8-3-2-4-9-20)27(25-24-17)21-10-12-26(13-11-21)16-19-7-5-6-18(14-19)15-23/h2-9,14,21H,10-13,16H2,1H3. The molecule has 5 heteroatoms. The van der Waals surface area contributed by atoms with Crippen LogP contribution in [0.25, 0.3) is 11.3 Å². The van der Waals surface area contributed by atoms with Crippen LogP contribution in [0.1, 0.15) is 35.7 Å². The van der Waals surface area contributed by atoms with Crippen molar-refractivity contribution in [3.05, 3.63) is 71.4 Å². The average molecular weight is 357 g/mol. The van der Waals surface area contributed by atoms with E-state index in [4.69, 9.17) is 5.26 Å². The first-order valence-corrected chi connectivity index (χ1v) is 9.43. The molecule has 0 spiro atoms. The summed E-state index contributed by atoms with van der Waals surface area (Å²) < 4.78 is 2.12. The summed E-state index contributed by atoms with van der Waals surface area (Å²) in [5.41, 5.74) is 5.23. The zero-order valence-electron chi connectivity index (χ0n) is 15.5. The van der Waals surface area contributed by atoms with E-state index in [9.17, 15) is 0 Å². The summed E-state index contributed by atoms with van der Waals surface area (Å²) in [4.78, 5) is 2.46. The van der Waals surface area contributed by atoms with Crippen LogP contribution in [0, 0.1) is 18.3 Å². The average Bonchev–Trinajstić information content (AvgIpc) is 3.11. The smallest absolute Gasteiger partial charge is 0.0991 e. The number of nitriles is 1. The predicted molar refractivity (Wildman–Crippen MR) is 105 cm³/mol. The first-order valence-electron chi connectivity index (χ1n) is 9.43. The first-order chi connectivity index (χ1) is 13.2. The fourth-order valence-corrected chi connectivity index (χ4v) is 3.89. The van der Waals surface area contributed by atoms with Gasteiger partial charge in [0.1, 0.15) is 0 Å². The Hall–Kier alpha value is -2.97. The van der Waals surface area contributed by atoms with Crippen LogP contribution in [0.2, 0.25) is 0 Å². The summed E-state index contributed by atoms with van der Waals surface area (Å²) in [7, 11) is 0. The number of aryl methyl sites for hydroxylation is 1. The van der Waals surface area contributed by atoms with E-state index >= 15 is 0 Å². The molecule has 1 aromatic heterocycles. The lowest BCUT2D eigenvalue weighted by molar-refractivity contribution is 0.173. The minimum absolute atomic E-state index is 0.378. The molecule has 1 saturated heterocycles. The number of likely N-dealkylation sites (tertiary alicyclic amines) is 1. The molecule has 1 aliphatic heterocycles. The minimum atomic E-state index is 0.378. The Balaban J connectivity index is 1.45. The quantitative estimate of drug-likeness (QED) is 0.709. The third kappa shape index (κ3) is 3.76. The van der Waals surface area contributed by atoms with Crippen molar-refractivity contribution in [2.24, 2.45) is 0 Å². The maximum Gasteiger partial charge on any atom is 0.0991 e. The molecule has 0 unspecified atom stereocenters. The van der Waals surface area contributed by atoms with Crippen molar-refractivity contribution < 1.29 is 0 Å². The Kier molecular flexibility index (Phi) is 4.99. The second-order valence-corrected chi connectivity index (χ2v) is 7.15. The van der Waals surface area contributed by atoms with Gasteiger partial charge in [-0.2, -0.15) is 5.26 Å². The van der Waals surface area contributed by atoms with Crippen LogP contribution in [0.15, 0.2) is 54.6 Å². The third-order valence-electron chi connectivity index (χ3n) is 5.28. The lowest BCUT2D eigenvalue weighted by Gasteiger charge is -2.32. The van der Waals surface area contributed by atoms with Gasteiger partial charge in [0, 0.05) is 25.2 Å². The number of aromatic nitrogens is 3. The Morgan fingerprint density at radius 1 is 1.07 bits per heavy atom. The number of hydrogen-bond acceptors (Lipinski definition) is 4. The molecule has 0 amide bonds. The zero-order chi connectivity index (χ0) is 18.6. The summed E-state index contributed by atoms with van der Waals surface area (Å²) in [6.45, 7) is 4.97. The summed E-state index contributed by atoms with van der Waals surface area (Å²) in [5.74, 6) is 0. The van der Waals surface area contributed by atoms with Crippen LogP contribution in [0.3, 0.4) is 0 Å². The number of piperidine rings is 1. The fraction of sp³-hybridized carbons (Fsp3) is 0.318. The van der Waals surface area contributed by atoms with Gasteiger partial charge < -0.3 is 0 Å². The molecule has 4 rings (SSSR count). The van der Waals surface area contributed by atoms with Gasteiger partial charge in [0.25, 0.3) is 0 Å². The van der Waals surface area contributed by atoms with Gasteiger partial charge in [-0.15, -0.1) is 5.10 Å². The Bertz CT molecular complexity index is 946. The monoisotopic (exact) mass is 357 g/mol. The molecule has 2 aromatic carbocycles. The van der Waals surface area contributed by atoms with E-state index < -0.39 is 0 Å². The maximum absolute atomic E-state index is 9.07. The van der Waals surface area contributed by atoms with Gasteiger partial charge in [0.2, 0.25) is 0 Å². The van der Waals surface area contributed by atoms with Crippen molar-refractivity contribution in [1.29, 1.82) is 5.26 Å². The molecule has 136 valence electrons. The van der Waals surface area contributed by atoms with E-state index in [0.717, 1.165) is 49.4 Å². The lowest BCUT2D eigenvalue weighted by Crippen LogP contribution is -2.34. The third-order valence-corrected chi connectivity index (χ3v) is 5.28. The van der Waals surface area contributed by atoms with Gasteiger partial charge in [-0.3, -0.25) is 4.90 Å². The molecule has 0 atom stereocenters. The lowest BCUT2D eigenvalue weighted by atomic mass is 10.0. The van der Waals surface area contributed by atoms with Crippen molar-refractivity contribution in [3.63, 3.8) is 0 Å². The molecule has 2 heterocycles. The molecule has 0 saturated carbocycles. The Labute approximate surface area is 159 Å². The number of benzene rings is 2. The van der Waals surface area contributed by atoms with Crippen molar-refractivity contribution >= 4 is 0 Å². The molecular weight excluding hydrogens is 334 g/mol. The van der Waals surface area contributed by atoms with Crippen molar-refractivity contribution in [1.82, 2.24) is 19.9 Å². The van der Waals surface area contributed by atoms with Crippen LogP contribution in [0.5, 0.6) is 0 Å². The number of hydrogen-bond donors (Lipinski definition) is 0. The molecule has 1 fully saturated rings. The van der Waals surface area contributed by atoms with Crippen molar-refractivity contribution in [2.45, 2.75) is 32.4 Å². The molecule has 0 N–H and O–H groups in total. The van der Waals surface area contributed by atoms with Gasteiger partial charge in [-0.25, -0.2) is 4.68 Å². The highest BCUT2D eigenvalue weighted by atomic mass is 15.4. The van der Waals surface area contributed by atoms with E-state index in [-0.39, 0.29) is 0 Å². The van der Waals surface area contributed by atoms with Crippen LogP contribution in [-0.2, 0) is 6.54 Å². The second kappa shape index (κ2) is 7.73. The highest BCUT2D eigenvalue weighted by Gasteiger charge is 2.24. The van der Waals surface area contributed by atoms with Crippen molar-refractivity contribution in [3.8, 4) is 17.3 Å². The van der Waals surface area contributed by atoms with Gasteiger partial charge in [-0.1, -0.05) is 47.7 Å². The predicted octanol–water partition coefficient (Wildman–Crippen LogP) is 3.96. The van der Waals surface area contributed by atoms with Crippen molar-refractivity contribution in [2.75, 3.05) is 13.1 Å². The number of rotatable bonds is 4. The van der Waals surface area contributed by atoms with Crippen LogP contribution < -0.4 is 0 Å². The first kappa shape index (κ1) is 17.4. The Morgan fingerprint density at radius 2 is 1.85 bits per heavy atom. The largest absolute Gasteiger partial charge is 0.299 e. The van der Waals surface area contributed by atoms with E-state index in [1.54, 1.807) is 0 Å². The molecule has 1 aliphatic rings. The van der Waals surface area contributed by atoms with E-state index in [1.807, 2.05) is 31.2 Å². The SMILES string of the molecule is Cc1nnn(C2CCN(Cc3cccc(C#N)c3)CC2)c1-c1ccccc1. The molecule has 0 bridgehead atoms. The van der Waals surface area contributed by atoms with Gasteiger partial charge in [0.15, 0.2) is 0 Å². The molecule has 3 aromatic rings. The fourth-order valence-electron chi connectivity index (χ4n) is 3.89. The van der Waals surface area contributed by atoms with Crippen LogP contribution in [-0.4, -0.2) is 33.0 Å². The molecule has 0 aliphatic carbocycles. The highest BCUT2D eigenvalue weighted by Crippen LogP contribution is 2.30. The topological polar surface area (TPSA) is 57.7 Å². The van der Waals surface area contributed by atoms with E-state index in [1.165, 1.54) is 11.1 Å². The minimum Gasteiger partial charge on any atom is -0.299 e. The van der Waals surface area contributed by atoms with Gasteiger partial charge >= 0.3 is 0 Å². The van der Waals surface area contributed by atoms with Gasteiger partial charge in [0.05, 0.1) is 29.1 Å². The second-order valence-electron chi connectivity index (χ2n) is 7.15. The van der Waals surface area contributed by atoms with Crippen LogP contribution >= 0.6 is 0 Å². The van der Waals surface area contributed by atoms with Crippen LogP contribution in [0.4, 0.5) is 0 Å². The molecule has 27 heavy (non-hydrogen) atoms. The highest BCUT2D eigenvalue weighted by molar-refractivity contribution is 5.61. The summed E-state index contributed by atoms with van der Waals surface area (Å²) in [6, 6.07) is 20.9. The van der Waals surface area contributed by atoms with Gasteiger partial charge in [-0.05, 0) is 37.5 Å². The summed E-state index contributed by atoms with van der Waals surface area (Å²) in [6.07, 6.45) is 2.11. The summed E-state index contributed by atoms with van der Waals surface area (Å²) in [5, 5.41) is 17.9. The van der Waals surface area contributed by atoms with E-state index in [2.05, 4.69) is 56.3 Å². The maximum atomic E-state index is 9.07. The summed E-state index contributed by atoms with van der Waals surface area (Å²) >= 11 is 0. The number of nitrogens with zero attached hydrogens (tertiary/aromatic N) is 5. The molecular formula is C22H23N5. The Morgan fingerprint density at radius 3 is 2.59 bits per heavy atom. The molecule has 5 nitrogen and oxygen atoms in total. The normalized spacial score (nSPS) is 15.6. The molecule has 0 radical (unpaired) electrons. The zero-order valence-corrected chi connectivity index (χ0v) is 15.5.